The second-order valence-corrected chi connectivity index (χ2v) is 4.30. The molecule has 1 aromatic heterocycles. The van der Waals surface area contributed by atoms with Crippen LogP contribution < -0.4 is 0 Å². The molecule has 1 aliphatic carbocycles. The van der Waals surface area contributed by atoms with Crippen LogP contribution in [0.4, 0.5) is 0 Å². The van der Waals surface area contributed by atoms with E-state index >= 15 is 0 Å². The zero-order valence-corrected chi connectivity index (χ0v) is 9.42. The van der Waals surface area contributed by atoms with E-state index in [-0.39, 0.29) is 5.92 Å². The minimum Gasteiger partial charge on any atom is -0.299 e. The molecule has 1 unspecified atom stereocenters. The van der Waals surface area contributed by atoms with Gasteiger partial charge in [-0.25, -0.2) is 0 Å². The molecule has 15 heavy (non-hydrogen) atoms. The number of hydrogen-bond donors (Lipinski definition) is 0. The standard InChI is InChI=1S/C13H17NO/c1-3-10-8-14-12(7-9(10)2)11-5-4-6-13(11)15/h7-8,11H,3-6H2,1-2H3. The predicted molar refractivity (Wildman–Crippen MR) is 60.0 cm³/mol. The summed E-state index contributed by atoms with van der Waals surface area (Å²) in [5.74, 6) is 0.445. The number of aromatic nitrogens is 1. The molecule has 1 aliphatic rings. The molecule has 1 saturated carbocycles. The van der Waals surface area contributed by atoms with Crippen LogP contribution in [-0.2, 0) is 11.2 Å². The van der Waals surface area contributed by atoms with Gasteiger partial charge in [-0.05, 0) is 43.4 Å². The van der Waals surface area contributed by atoms with Crippen LogP contribution in [0.1, 0.15) is 48.9 Å². The molecule has 80 valence electrons. The molecule has 0 saturated heterocycles. The van der Waals surface area contributed by atoms with Crippen molar-refractivity contribution in [1.29, 1.82) is 0 Å². The highest BCUT2D eigenvalue weighted by Crippen LogP contribution is 2.30. The van der Waals surface area contributed by atoms with E-state index < -0.39 is 0 Å². The number of Topliss-reactive ketones (excluding diaryl/α,β-unsaturated/α-hetero) is 1. The van der Waals surface area contributed by atoms with Gasteiger partial charge in [-0.2, -0.15) is 0 Å². The van der Waals surface area contributed by atoms with Crippen LogP contribution in [0, 0.1) is 6.92 Å². The Hall–Kier alpha value is -1.18. The molecule has 0 radical (unpaired) electrons. The number of aryl methyl sites for hydroxylation is 2. The first-order chi connectivity index (χ1) is 7.22. The fourth-order valence-corrected chi connectivity index (χ4v) is 2.30. The van der Waals surface area contributed by atoms with Crippen molar-refractivity contribution in [2.75, 3.05) is 0 Å². The second-order valence-electron chi connectivity index (χ2n) is 4.30. The molecule has 0 spiro atoms. The molecule has 0 amide bonds. The van der Waals surface area contributed by atoms with E-state index in [2.05, 4.69) is 24.9 Å². The van der Waals surface area contributed by atoms with Gasteiger partial charge in [-0.1, -0.05) is 6.92 Å². The average molecular weight is 203 g/mol. The third-order valence-electron chi connectivity index (χ3n) is 3.28. The SMILES string of the molecule is CCc1cnc(C2CCCC2=O)cc1C. The lowest BCUT2D eigenvalue weighted by molar-refractivity contribution is -0.118. The summed E-state index contributed by atoms with van der Waals surface area (Å²) in [5.41, 5.74) is 3.53. The summed E-state index contributed by atoms with van der Waals surface area (Å²) in [7, 11) is 0. The lowest BCUT2D eigenvalue weighted by Gasteiger charge is -2.10. The van der Waals surface area contributed by atoms with Crippen molar-refractivity contribution in [1.82, 2.24) is 4.98 Å². The molecular weight excluding hydrogens is 186 g/mol. The lowest BCUT2D eigenvalue weighted by Crippen LogP contribution is -2.07. The van der Waals surface area contributed by atoms with Crippen molar-refractivity contribution < 1.29 is 4.79 Å². The van der Waals surface area contributed by atoms with E-state index in [1.807, 2.05) is 6.20 Å². The molecule has 0 bridgehead atoms. The summed E-state index contributed by atoms with van der Waals surface area (Å²) in [5, 5.41) is 0. The molecule has 1 heterocycles. The summed E-state index contributed by atoms with van der Waals surface area (Å²) in [6.45, 7) is 4.23. The Bertz CT molecular complexity index is 384. The first kappa shape index (κ1) is 10.3. The molecule has 0 aromatic carbocycles. The van der Waals surface area contributed by atoms with Crippen molar-refractivity contribution >= 4 is 5.78 Å². The van der Waals surface area contributed by atoms with Gasteiger partial charge >= 0.3 is 0 Å². The Kier molecular flexibility index (Phi) is 2.85. The molecule has 2 rings (SSSR count). The maximum atomic E-state index is 11.6. The minimum atomic E-state index is 0.0783. The van der Waals surface area contributed by atoms with E-state index in [4.69, 9.17) is 0 Å². The minimum absolute atomic E-state index is 0.0783. The average Bonchev–Trinajstić information content (AvgIpc) is 2.64. The summed E-state index contributed by atoms with van der Waals surface area (Å²) >= 11 is 0. The van der Waals surface area contributed by atoms with Crippen LogP contribution >= 0.6 is 0 Å². The largest absolute Gasteiger partial charge is 0.299 e. The molecule has 1 fully saturated rings. The van der Waals surface area contributed by atoms with Crippen molar-refractivity contribution in [3.63, 3.8) is 0 Å². The monoisotopic (exact) mass is 203 g/mol. The van der Waals surface area contributed by atoms with E-state index in [0.717, 1.165) is 31.4 Å². The zero-order valence-electron chi connectivity index (χ0n) is 9.42. The van der Waals surface area contributed by atoms with Crippen molar-refractivity contribution in [2.45, 2.75) is 45.4 Å². The molecule has 2 heteroatoms. The van der Waals surface area contributed by atoms with Crippen molar-refractivity contribution in [3.05, 3.63) is 29.1 Å². The van der Waals surface area contributed by atoms with Crippen LogP contribution in [0.2, 0.25) is 0 Å². The summed E-state index contributed by atoms with van der Waals surface area (Å²) in [6.07, 6.45) is 5.69. The van der Waals surface area contributed by atoms with Crippen LogP contribution in [0.25, 0.3) is 0 Å². The molecule has 1 aromatic rings. The zero-order chi connectivity index (χ0) is 10.8. The topological polar surface area (TPSA) is 30.0 Å². The second kappa shape index (κ2) is 4.13. The van der Waals surface area contributed by atoms with Gasteiger partial charge in [-0.3, -0.25) is 9.78 Å². The van der Waals surface area contributed by atoms with Gasteiger partial charge in [0.05, 0.1) is 11.6 Å². The highest BCUT2D eigenvalue weighted by atomic mass is 16.1. The summed E-state index contributed by atoms with van der Waals surface area (Å²) < 4.78 is 0. The molecule has 0 N–H and O–H groups in total. The fourth-order valence-electron chi connectivity index (χ4n) is 2.30. The number of pyridine rings is 1. The highest BCUT2D eigenvalue weighted by molar-refractivity contribution is 5.87. The van der Waals surface area contributed by atoms with Gasteiger partial charge in [0.25, 0.3) is 0 Å². The fraction of sp³-hybridized carbons (Fsp3) is 0.538. The molecule has 1 atom stereocenters. The lowest BCUT2D eigenvalue weighted by atomic mass is 9.99. The number of nitrogens with zero attached hydrogens (tertiary/aromatic N) is 1. The van der Waals surface area contributed by atoms with Gasteiger partial charge in [0.2, 0.25) is 0 Å². The van der Waals surface area contributed by atoms with Crippen LogP contribution in [0.15, 0.2) is 12.3 Å². The maximum Gasteiger partial charge on any atom is 0.141 e. The Morgan fingerprint density at radius 2 is 2.33 bits per heavy atom. The Labute approximate surface area is 90.7 Å². The normalized spacial score (nSPS) is 20.9. The number of carbonyl (C=O) groups is 1. The number of carbonyl (C=O) groups excluding carboxylic acids is 1. The van der Waals surface area contributed by atoms with Gasteiger partial charge in [-0.15, -0.1) is 0 Å². The quantitative estimate of drug-likeness (QED) is 0.739. The van der Waals surface area contributed by atoms with Crippen molar-refractivity contribution in [3.8, 4) is 0 Å². The van der Waals surface area contributed by atoms with E-state index in [9.17, 15) is 4.79 Å². The summed E-state index contributed by atoms with van der Waals surface area (Å²) in [6, 6.07) is 2.09. The third-order valence-corrected chi connectivity index (χ3v) is 3.28. The van der Waals surface area contributed by atoms with Crippen LogP contribution in [0.3, 0.4) is 0 Å². The Morgan fingerprint density at radius 3 is 2.87 bits per heavy atom. The smallest absolute Gasteiger partial charge is 0.141 e. The predicted octanol–water partition coefficient (Wildman–Crippen LogP) is 2.79. The third kappa shape index (κ3) is 1.94. The van der Waals surface area contributed by atoms with Gasteiger partial charge in [0, 0.05) is 12.6 Å². The molecular formula is C13H17NO. The van der Waals surface area contributed by atoms with E-state index in [0.29, 0.717) is 5.78 Å². The van der Waals surface area contributed by atoms with Gasteiger partial charge in [0.1, 0.15) is 5.78 Å². The highest BCUT2D eigenvalue weighted by Gasteiger charge is 2.27. The van der Waals surface area contributed by atoms with Crippen LogP contribution in [-0.4, -0.2) is 10.8 Å². The molecule has 0 aliphatic heterocycles. The van der Waals surface area contributed by atoms with Gasteiger partial charge < -0.3 is 0 Å². The number of rotatable bonds is 2. The Balaban J connectivity index is 2.29. The number of hydrogen-bond acceptors (Lipinski definition) is 2. The van der Waals surface area contributed by atoms with E-state index in [1.54, 1.807) is 0 Å². The van der Waals surface area contributed by atoms with Gasteiger partial charge in [0.15, 0.2) is 0 Å². The first-order valence-corrected chi connectivity index (χ1v) is 5.70. The maximum absolute atomic E-state index is 11.6. The first-order valence-electron chi connectivity index (χ1n) is 5.70. The van der Waals surface area contributed by atoms with E-state index in [1.165, 1.54) is 11.1 Å². The summed E-state index contributed by atoms with van der Waals surface area (Å²) in [4.78, 5) is 16.0. The van der Waals surface area contributed by atoms with Crippen LogP contribution in [0.5, 0.6) is 0 Å². The number of ketones is 1. The Morgan fingerprint density at radius 1 is 1.53 bits per heavy atom. The molecule has 2 nitrogen and oxygen atoms in total. The van der Waals surface area contributed by atoms with Crippen molar-refractivity contribution in [2.24, 2.45) is 0 Å².